The van der Waals surface area contributed by atoms with Gasteiger partial charge in [0.05, 0.1) is 11.0 Å². The molecular formula is C14H20N4OS. The summed E-state index contributed by atoms with van der Waals surface area (Å²) < 4.78 is 0. The van der Waals surface area contributed by atoms with E-state index in [0.717, 1.165) is 41.8 Å². The summed E-state index contributed by atoms with van der Waals surface area (Å²) in [6, 6.07) is 2.15. The van der Waals surface area contributed by atoms with Gasteiger partial charge in [0.15, 0.2) is 0 Å². The molecule has 0 radical (unpaired) electrons. The highest BCUT2D eigenvalue weighted by Crippen LogP contribution is 2.34. The molecule has 5 nitrogen and oxygen atoms in total. The second kappa shape index (κ2) is 4.86. The van der Waals surface area contributed by atoms with Crippen molar-refractivity contribution in [2.24, 2.45) is 0 Å². The van der Waals surface area contributed by atoms with E-state index in [-0.39, 0.29) is 0 Å². The number of nitrogen functional groups attached to an aromatic ring is 1. The number of aryl methyl sites for hydroxylation is 1. The molecule has 6 heteroatoms. The summed E-state index contributed by atoms with van der Waals surface area (Å²) in [5.41, 5.74) is 5.19. The molecule has 3 N–H and O–H groups in total. The number of hydrogen-bond acceptors (Lipinski definition) is 6. The number of nitrogens with two attached hydrogens (primary N) is 1. The highest BCUT2D eigenvalue weighted by Gasteiger charge is 2.30. The Morgan fingerprint density at radius 2 is 2.30 bits per heavy atom. The first-order valence-corrected chi connectivity index (χ1v) is 7.83. The largest absolute Gasteiger partial charge is 0.388 e. The minimum atomic E-state index is -0.659. The lowest BCUT2D eigenvalue weighted by molar-refractivity contribution is 0.0448. The van der Waals surface area contributed by atoms with Gasteiger partial charge in [-0.05, 0) is 32.3 Å². The van der Waals surface area contributed by atoms with Gasteiger partial charge in [-0.1, -0.05) is 6.92 Å². The van der Waals surface area contributed by atoms with Crippen molar-refractivity contribution >= 4 is 33.3 Å². The Hall–Kier alpha value is -1.40. The van der Waals surface area contributed by atoms with Crippen molar-refractivity contribution in [3.63, 3.8) is 0 Å². The summed E-state index contributed by atoms with van der Waals surface area (Å²) >= 11 is 1.67. The molecule has 0 bridgehead atoms. The van der Waals surface area contributed by atoms with E-state index in [9.17, 15) is 5.11 Å². The molecule has 2 aromatic heterocycles. The first kappa shape index (κ1) is 13.6. The van der Waals surface area contributed by atoms with Crippen molar-refractivity contribution in [1.82, 2.24) is 9.97 Å². The van der Waals surface area contributed by atoms with Gasteiger partial charge in [0, 0.05) is 18.0 Å². The molecule has 0 spiro atoms. The van der Waals surface area contributed by atoms with Crippen LogP contribution in [0.4, 0.5) is 11.8 Å². The molecule has 1 aliphatic rings. The van der Waals surface area contributed by atoms with Crippen molar-refractivity contribution in [3.8, 4) is 0 Å². The van der Waals surface area contributed by atoms with Crippen molar-refractivity contribution in [1.29, 1.82) is 0 Å². The Bertz CT molecular complexity index is 637. The van der Waals surface area contributed by atoms with E-state index >= 15 is 0 Å². The average molecular weight is 292 g/mol. The van der Waals surface area contributed by atoms with Crippen LogP contribution in [0.15, 0.2) is 6.07 Å². The molecule has 2 aromatic rings. The van der Waals surface area contributed by atoms with Crippen LogP contribution in [0.2, 0.25) is 0 Å². The van der Waals surface area contributed by atoms with Gasteiger partial charge >= 0.3 is 0 Å². The maximum atomic E-state index is 10.3. The highest BCUT2D eigenvalue weighted by molar-refractivity contribution is 7.18. The minimum absolute atomic E-state index is 0.308. The van der Waals surface area contributed by atoms with E-state index in [4.69, 9.17) is 5.73 Å². The summed E-state index contributed by atoms with van der Waals surface area (Å²) in [6.07, 6.45) is 2.78. The third kappa shape index (κ3) is 2.45. The molecule has 0 saturated carbocycles. The highest BCUT2D eigenvalue weighted by atomic mass is 32.1. The number of thiophene rings is 1. The first-order chi connectivity index (χ1) is 9.48. The quantitative estimate of drug-likeness (QED) is 0.887. The van der Waals surface area contributed by atoms with Crippen molar-refractivity contribution in [2.75, 3.05) is 23.7 Å². The molecule has 0 amide bonds. The van der Waals surface area contributed by atoms with Crippen LogP contribution in [-0.4, -0.2) is 33.8 Å². The van der Waals surface area contributed by atoms with Gasteiger partial charge in [0.25, 0.3) is 0 Å². The molecule has 3 rings (SSSR count). The van der Waals surface area contributed by atoms with Crippen LogP contribution in [0.3, 0.4) is 0 Å². The Morgan fingerprint density at radius 1 is 1.50 bits per heavy atom. The average Bonchev–Trinajstić information content (AvgIpc) is 2.79. The summed E-state index contributed by atoms with van der Waals surface area (Å²) in [5.74, 6) is 1.17. The number of aliphatic hydroxyl groups is 1. The molecular weight excluding hydrogens is 272 g/mol. The summed E-state index contributed by atoms with van der Waals surface area (Å²) in [7, 11) is 0. The molecule has 1 aliphatic heterocycles. The molecule has 1 fully saturated rings. The van der Waals surface area contributed by atoms with Gasteiger partial charge in [-0.3, -0.25) is 0 Å². The smallest absolute Gasteiger partial charge is 0.223 e. The molecule has 108 valence electrons. The Morgan fingerprint density at radius 3 is 3.00 bits per heavy atom. The number of rotatable bonds is 2. The summed E-state index contributed by atoms with van der Waals surface area (Å²) in [4.78, 5) is 13.1. The zero-order valence-electron chi connectivity index (χ0n) is 11.9. The second-order valence-electron chi connectivity index (χ2n) is 5.71. The molecule has 3 heterocycles. The van der Waals surface area contributed by atoms with Gasteiger partial charge < -0.3 is 15.7 Å². The van der Waals surface area contributed by atoms with Gasteiger partial charge in [-0.25, -0.2) is 4.98 Å². The number of hydrogen-bond donors (Lipinski definition) is 2. The van der Waals surface area contributed by atoms with E-state index in [1.807, 2.05) is 6.92 Å². The zero-order chi connectivity index (χ0) is 14.3. The van der Waals surface area contributed by atoms with Crippen molar-refractivity contribution in [2.45, 2.75) is 38.7 Å². The zero-order valence-corrected chi connectivity index (χ0v) is 12.7. The van der Waals surface area contributed by atoms with Crippen molar-refractivity contribution < 1.29 is 5.11 Å². The fourth-order valence-corrected chi connectivity index (χ4v) is 3.76. The van der Waals surface area contributed by atoms with E-state index < -0.39 is 5.60 Å². The van der Waals surface area contributed by atoms with Gasteiger partial charge in [0.2, 0.25) is 5.95 Å². The van der Waals surface area contributed by atoms with Crippen LogP contribution in [-0.2, 0) is 6.42 Å². The number of aromatic nitrogens is 2. The SMILES string of the molecule is CCc1cc2c(N3CCCC(C)(O)C3)nc(N)nc2s1. The van der Waals surface area contributed by atoms with Crippen molar-refractivity contribution in [3.05, 3.63) is 10.9 Å². The van der Waals surface area contributed by atoms with Gasteiger partial charge in [-0.2, -0.15) is 4.98 Å². The molecule has 1 saturated heterocycles. The van der Waals surface area contributed by atoms with E-state index in [1.165, 1.54) is 4.88 Å². The lowest BCUT2D eigenvalue weighted by Gasteiger charge is -2.37. The summed E-state index contributed by atoms with van der Waals surface area (Å²) in [5, 5.41) is 11.3. The van der Waals surface area contributed by atoms with Gasteiger partial charge in [-0.15, -0.1) is 11.3 Å². The topological polar surface area (TPSA) is 75.3 Å². The maximum absolute atomic E-state index is 10.3. The lowest BCUT2D eigenvalue weighted by atomic mass is 9.95. The maximum Gasteiger partial charge on any atom is 0.223 e. The number of piperidine rings is 1. The van der Waals surface area contributed by atoms with Crippen LogP contribution in [0.5, 0.6) is 0 Å². The Balaban J connectivity index is 2.07. The number of anilines is 2. The number of nitrogens with zero attached hydrogens (tertiary/aromatic N) is 3. The molecule has 1 unspecified atom stereocenters. The van der Waals surface area contributed by atoms with Crippen LogP contribution in [0.25, 0.3) is 10.2 Å². The first-order valence-electron chi connectivity index (χ1n) is 7.02. The lowest BCUT2D eigenvalue weighted by Crippen LogP contribution is -2.46. The fraction of sp³-hybridized carbons (Fsp3) is 0.571. The third-order valence-corrected chi connectivity index (χ3v) is 4.94. The predicted octanol–water partition coefficient (Wildman–Crippen LogP) is 2.19. The molecule has 1 atom stereocenters. The minimum Gasteiger partial charge on any atom is -0.388 e. The van der Waals surface area contributed by atoms with Crippen LogP contribution >= 0.6 is 11.3 Å². The summed E-state index contributed by atoms with van der Waals surface area (Å²) in [6.45, 7) is 5.51. The van der Waals surface area contributed by atoms with Gasteiger partial charge in [0.1, 0.15) is 10.6 Å². The molecule has 20 heavy (non-hydrogen) atoms. The Labute approximate surface area is 122 Å². The van der Waals surface area contributed by atoms with E-state index in [2.05, 4.69) is 27.9 Å². The van der Waals surface area contributed by atoms with E-state index in [0.29, 0.717) is 12.5 Å². The monoisotopic (exact) mass is 292 g/mol. The number of fused-ring (bicyclic) bond motifs is 1. The normalized spacial score (nSPS) is 23.4. The van der Waals surface area contributed by atoms with Crippen LogP contribution in [0, 0.1) is 0 Å². The third-order valence-electron chi connectivity index (χ3n) is 3.76. The second-order valence-corrected chi connectivity index (χ2v) is 6.83. The Kier molecular flexibility index (Phi) is 3.30. The van der Waals surface area contributed by atoms with E-state index in [1.54, 1.807) is 11.3 Å². The fourth-order valence-electron chi connectivity index (χ4n) is 2.79. The predicted molar refractivity (Wildman–Crippen MR) is 83.3 cm³/mol. The van der Waals surface area contributed by atoms with Crippen LogP contribution in [0.1, 0.15) is 31.6 Å². The number of β-amino-alcohol motifs (C(OH)–C–C–N with tert-alkyl or cyclic N) is 1. The van der Waals surface area contributed by atoms with Crippen LogP contribution < -0.4 is 10.6 Å². The standard InChI is InChI=1S/C14H20N4OS/c1-3-9-7-10-11(16-13(15)17-12(10)20-9)18-6-4-5-14(2,19)8-18/h7,19H,3-6,8H2,1-2H3,(H2,15,16,17). The molecule has 0 aliphatic carbocycles. The molecule has 0 aromatic carbocycles.